The van der Waals surface area contributed by atoms with E-state index in [9.17, 15) is 10.2 Å². The molecule has 0 aliphatic heterocycles. The highest BCUT2D eigenvalue weighted by molar-refractivity contribution is 5.41. The molecule has 0 saturated heterocycles. The Labute approximate surface area is 156 Å². The molecule has 0 radical (unpaired) electrons. The van der Waals surface area contributed by atoms with Gasteiger partial charge in [0.15, 0.2) is 0 Å². The maximum atomic E-state index is 10.7. The second-order valence-electron chi connectivity index (χ2n) is 7.36. The molecule has 1 aliphatic carbocycles. The van der Waals surface area contributed by atoms with Crippen LogP contribution in [0.1, 0.15) is 110 Å². The van der Waals surface area contributed by atoms with E-state index in [1.54, 1.807) is 12.1 Å². The van der Waals surface area contributed by atoms with Crippen LogP contribution in [0, 0.1) is 0 Å². The lowest BCUT2D eigenvalue weighted by molar-refractivity contribution is 0.119. The Balaban J connectivity index is 2.41. The van der Waals surface area contributed by atoms with E-state index in [0.29, 0.717) is 18.4 Å². The van der Waals surface area contributed by atoms with Crippen molar-refractivity contribution in [3.63, 3.8) is 0 Å². The van der Waals surface area contributed by atoms with Crippen LogP contribution in [-0.4, -0.2) is 16.3 Å². The van der Waals surface area contributed by atoms with Crippen molar-refractivity contribution in [2.75, 3.05) is 0 Å². The normalized spacial score (nSPS) is 26.6. The summed E-state index contributed by atoms with van der Waals surface area (Å²) in [6, 6.07) is 4.58. The van der Waals surface area contributed by atoms with Gasteiger partial charge in [0.25, 0.3) is 0 Å². The lowest BCUT2D eigenvalue weighted by Crippen LogP contribution is -2.19. The van der Waals surface area contributed by atoms with Crippen molar-refractivity contribution >= 4 is 0 Å². The molecule has 1 aromatic rings. The number of unbranched alkanes of at least 4 members (excludes halogenated alkanes) is 4. The molecule has 1 aliphatic rings. The van der Waals surface area contributed by atoms with E-state index in [0.717, 1.165) is 44.9 Å². The zero-order valence-electron chi connectivity index (χ0n) is 20.9. The highest BCUT2D eigenvalue weighted by Gasteiger charge is 2.26. The first-order chi connectivity index (χ1) is 13.9. The van der Waals surface area contributed by atoms with Crippen LogP contribution >= 0.6 is 0 Å². The molecule has 0 heterocycles. The monoisotopic (exact) mass is 338 g/mol. The van der Waals surface area contributed by atoms with Gasteiger partial charge in [0.2, 0.25) is 0 Å². The number of rotatable bonds is 8. The average Bonchev–Trinajstić information content (AvgIpc) is 2.62. The van der Waals surface area contributed by atoms with Crippen molar-refractivity contribution < 1.29 is 18.4 Å². The van der Waals surface area contributed by atoms with Gasteiger partial charge in [-0.05, 0) is 54.2 Å². The minimum atomic E-state index is -2.74. The van der Waals surface area contributed by atoms with Crippen molar-refractivity contribution in [3.8, 4) is 5.75 Å². The third-order valence-electron chi connectivity index (χ3n) is 5.26. The summed E-state index contributed by atoms with van der Waals surface area (Å²) in [5.41, 5.74) is -1.21. The highest BCUT2D eigenvalue weighted by atomic mass is 16.3. The molecule has 1 saturated carbocycles. The van der Waals surface area contributed by atoms with Crippen LogP contribution in [-0.2, 0) is 5.41 Å². The van der Waals surface area contributed by atoms with Gasteiger partial charge in [-0.3, -0.25) is 0 Å². The smallest absolute Gasteiger partial charge is 0.119 e. The van der Waals surface area contributed by atoms with E-state index >= 15 is 0 Å². The van der Waals surface area contributed by atoms with E-state index in [-0.39, 0.29) is 23.7 Å². The number of aliphatic hydroxyl groups is 1. The van der Waals surface area contributed by atoms with Crippen molar-refractivity contribution in [2.24, 2.45) is 0 Å². The second-order valence-corrected chi connectivity index (χ2v) is 7.36. The minimum Gasteiger partial charge on any atom is -0.508 e. The number of hydrogen-bond acceptors (Lipinski definition) is 2. The van der Waals surface area contributed by atoms with Crippen LogP contribution in [0.5, 0.6) is 5.75 Å². The fourth-order valence-corrected chi connectivity index (χ4v) is 3.74. The third kappa shape index (κ3) is 5.24. The van der Waals surface area contributed by atoms with E-state index in [4.69, 9.17) is 8.22 Å². The zero-order chi connectivity index (χ0) is 22.6. The summed E-state index contributed by atoms with van der Waals surface area (Å²) in [5.74, 6) is -0.0813. The highest BCUT2D eigenvalue weighted by Crippen LogP contribution is 2.40. The van der Waals surface area contributed by atoms with E-state index < -0.39 is 25.2 Å². The van der Waals surface area contributed by atoms with Gasteiger partial charge in [-0.25, -0.2) is 0 Å². The van der Waals surface area contributed by atoms with Gasteiger partial charge in [0.1, 0.15) is 5.75 Å². The van der Waals surface area contributed by atoms with Crippen molar-refractivity contribution in [2.45, 2.75) is 102 Å². The maximum Gasteiger partial charge on any atom is 0.119 e. The molecule has 2 N–H and O–H groups in total. The van der Waals surface area contributed by atoms with E-state index in [2.05, 4.69) is 6.92 Å². The molecule has 24 heavy (non-hydrogen) atoms. The summed E-state index contributed by atoms with van der Waals surface area (Å²) in [5, 5.41) is 20.7. The number of aromatic hydroxyl groups is 1. The average molecular weight is 339 g/mol. The predicted octanol–water partition coefficient (Wildman–Crippen LogP) is 6.05. The van der Waals surface area contributed by atoms with Gasteiger partial charge in [0.05, 0.1) is 6.10 Å². The van der Waals surface area contributed by atoms with Crippen LogP contribution in [0.15, 0.2) is 18.2 Å². The Bertz CT molecular complexity index is 669. The molecule has 0 unspecified atom stereocenters. The standard InChI is InChI=1S/C22H36O2/c1-4-5-6-7-8-14-22(2,3)18-12-13-20(21(24)16-18)17-10-9-11-19(23)15-17/h12-13,16-17,19,23-24H,4-11,14-15H2,1-3H3/t17-,19+/m0/s1/i2D3,3D3. The van der Waals surface area contributed by atoms with Crippen molar-refractivity contribution in [3.05, 3.63) is 29.3 Å². The molecule has 1 aromatic carbocycles. The molecule has 1 fully saturated rings. The van der Waals surface area contributed by atoms with Gasteiger partial charge >= 0.3 is 0 Å². The van der Waals surface area contributed by atoms with Crippen molar-refractivity contribution in [1.82, 2.24) is 0 Å². The molecular weight excluding hydrogens is 296 g/mol. The third-order valence-corrected chi connectivity index (χ3v) is 5.26. The summed E-state index contributed by atoms with van der Waals surface area (Å²) < 4.78 is 48.9. The first-order valence-corrected chi connectivity index (χ1v) is 9.45. The lowest BCUT2D eigenvalue weighted by Gasteiger charge is -2.29. The first-order valence-electron chi connectivity index (χ1n) is 12.5. The molecule has 0 amide bonds. The van der Waals surface area contributed by atoms with E-state index in [1.807, 2.05) is 0 Å². The Morgan fingerprint density at radius 3 is 2.62 bits per heavy atom. The number of phenols is 1. The van der Waals surface area contributed by atoms with Crippen LogP contribution in [0.25, 0.3) is 0 Å². The Kier molecular flexibility index (Phi) is 4.58. The van der Waals surface area contributed by atoms with Crippen LogP contribution < -0.4 is 0 Å². The molecule has 0 bridgehead atoms. The molecule has 2 nitrogen and oxygen atoms in total. The summed E-state index contributed by atoms with van der Waals surface area (Å²) in [6.07, 6.45) is 6.93. The summed E-state index contributed by atoms with van der Waals surface area (Å²) in [4.78, 5) is 0. The number of aliphatic hydroxyl groups excluding tert-OH is 1. The largest absolute Gasteiger partial charge is 0.508 e. The molecule has 0 aromatic heterocycles. The van der Waals surface area contributed by atoms with Crippen LogP contribution in [0.2, 0.25) is 0 Å². The summed E-state index contributed by atoms with van der Waals surface area (Å²) in [7, 11) is 0. The van der Waals surface area contributed by atoms with Gasteiger partial charge in [-0.15, -0.1) is 0 Å². The second kappa shape index (κ2) is 8.89. The lowest BCUT2D eigenvalue weighted by atomic mass is 9.77. The van der Waals surface area contributed by atoms with Gasteiger partial charge in [-0.2, -0.15) is 0 Å². The summed E-state index contributed by atoms with van der Waals surface area (Å²) >= 11 is 0. The number of phenolic OH excluding ortho intramolecular Hbond substituents is 1. The summed E-state index contributed by atoms with van der Waals surface area (Å²) in [6.45, 7) is -3.39. The van der Waals surface area contributed by atoms with Gasteiger partial charge < -0.3 is 10.2 Å². The first kappa shape index (κ1) is 12.4. The fraction of sp³-hybridized carbons (Fsp3) is 0.727. The quantitative estimate of drug-likeness (QED) is 0.566. The van der Waals surface area contributed by atoms with Crippen LogP contribution in [0.4, 0.5) is 0 Å². The fourth-order valence-electron chi connectivity index (χ4n) is 3.74. The molecule has 136 valence electrons. The molecule has 2 atom stereocenters. The zero-order valence-corrected chi connectivity index (χ0v) is 14.9. The molecule has 2 rings (SSSR count). The van der Waals surface area contributed by atoms with Crippen LogP contribution in [0.3, 0.4) is 0 Å². The van der Waals surface area contributed by atoms with Gasteiger partial charge in [-0.1, -0.05) is 71.3 Å². The number of hydrogen-bond donors (Lipinski definition) is 2. The Hall–Kier alpha value is -1.02. The topological polar surface area (TPSA) is 40.5 Å². The minimum absolute atomic E-state index is 0.00762. The Morgan fingerprint density at radius 2 is 1.96 bits per heavy atom. The molecule has 0 spiro atoms. The Morgan fingerprint density at radius 1 is 1.17 bits per heavy atom. The maximum absolute atomic E-state index is 10.7. The molecular formula is C22H36O2. The van der Waals surface area contributed by atoms with Gasteiger partial charge in [0, 0.05) is 8.22 Å². The SMILES string of the molecule is [2H]C([2H])([2H])C(CCCCCCC)(c1ccc([C@H]2CCC[C@@H](O)C2)c(O)c1)C([2H])([2H])[2H]. The number of benzene rings is 1. The predicted molar refractivity (Wildman–Crippen MR) is 102 cm³/mol. The molecule has 2 heteroatoms. The van der Waals surface area contributed by atoms with Crippen molar-refractivity contribution in [1.29, 1.82) is 0 Å². The van der Waals surface area contributed by atoms with E-state index in [1.165, 1.54) is 6.07 Å².